The van der Waals surface area contributed by atoms with Crippen LogP contribution in [-0.4, -0.2) is 57.9 Å². The molecule has 1 atom stereocenters. The second-order valence-electron chi connectivity index (χ2n) is 5.55. The van der Waals surface area contributed by atoms with Crippen LogP contribution in [0.3, 0.4) is 0 Å². The van der Waals surface area contributed by atoms with Gasteiger partial charge in [0.25, 0.3) is 0 Å². The summed E-state index contributed by atoms with van der Waals surface area (Å²) >= 11 is 0. The first-order valence-corrected chi connectivity index (χ1v) is 7.96. The van der Waals surface area contributed by atoms with Gasteiger partial charge in [-0.3, -0.25) is 4.99 Å². The summed E-state index contributed by atoms with van der Waals surface area (Å²) in [5.41, 5.74) is 0. The van der Waals surface area contributed by atoms with Crippen molar-refractivity contribution in [3.63, 3.8) is 0 Å². The lowest BCUT2D eigenvalue weighted by Gasteiger charge is -2.21. The van der Waals surface area contributed by atoms with Gasteiger partial charge in [0.05, 0.1) is 13.2 Å². The Balaban J connectivity index is 0.00000264. The van der Waals surface area contributed by atoms with Crippen LogP contribution < -0.4 is 10.1 Å². The normalized spacial score (nSPS) is 17.7. The minimum atomic E-state index is 0. The third-order valence-electron chi connectivity index (χ3n) is 3.82. The topological polar surface area (TPSA) is 46.1 Å². The molecule has 0 aliphatic carbocycles. The van der Waals surface area contributed by atoms with Crippen LogP contribution in [0, 0.1) is 5.92 Å². The van der Waals surface area contributed by atoms with Gasteiger partial charge in [0, 0.05) is 39.7 Å². The van der Waals surface area contributed by atoms with Crippen LogP contribution >= 0.6 is 24.0 Å². The van der Waals surface area contributed by atoms with Crippen molar-refractivity contribution in [3.05, 3.63) is 30.3 Å². The van der Waals surface area contributed by atoms with Crippen molar-refractivity contribution in [2.45, 2.75) is 12.8 Å². The van der Waals surface area contributed by atoms with Crippen LogP contribution in [0.1, 0.15) is 12.8 Å². The number of benzene rings is 1. The van der Waals surface area contributed by atoms with Gasteiger partial charge in [0.1, 0.15) is 5.75 Å². The summed E-state index contributed by atoms with van der Waals surface area (Å²) in [6, 6.07) is 9.92. The summed E-state index contributed by atoms with van der Waals surface area (Å²) in [6.45, 7) is 4.48. The maximum Gasteiger partial charge on any atom is 0.193 e. The molecule has 0 saturated carbocycles. The molecule has 0 radical (unpaired) electrons. The van der Waals surface area contributed by atoms with E-state index in [4.69, 9.17) is 9.47 Å². The zero-order valence-corrected chi connectivity index (χ0v) is 16.4. The van der Waals surface area contributed by atoms with E-state index in [1.54, 1.807) is 7.11 Å². The summed E-state index contributed by atoms with van der Waals surface area (Å²) in [6.07, 6.45) is 2.12. The van der Waals surface area contributed by atoms with Crippen LogP contribution in [-0.2, 0) is 4.74 Å². The highest BCUT2D eigenvalue weighted by molar-refractivity contribution is 14.0. The predicted octanol–water partition coefficient (Wildman–Crippen LogP) is 2.62. The van der Waals surface area contributed by atoms with Gasteiger partial charge >= 0.3 is 0 Å². The number of nitrogens with one attached hydrogen (secondary N) is 1. The van der Waals surface area contributed by atoms with E-state index in [0.717, 1.165) is 44.4 Å². The SMILES string of the molecule is CN=C(NCCCOc1ccccc1)N1CCC(COC)C1.I. The Bertz CT molecular complexity index is 456. The van der Waals surface area contributed by atoms with E-state index in [2.05, 4.69) is 15.2 Å². The average Bonchev–Trinajstić information content (AvgIpc) is 3.01. The molecule has 0 amide bonds. The number of halogens is 1. The Hall–Kier alpha value is -1.02. The first-order valence-electron chi connectivity index (χ1n) is 7.96. The molecule has 1 fully saturated rings. The van der Waals surface area contributed by atoms with E-state index in [0.29, 0.717) is 12.5 Å². The van der Waals surface area contributed by atoms with Gasteiger partial charge in [0.2, 0.25) is 0 Å². The molecule has 0 spiro atoms. The van der Waals surface area contributed by atoms with Crippen LogP contribution in [0.2, 0.25) is 0 Å². The zero-order chi connectivity index (χ0) is 15.6. The fourth-order valence-electron chi connectivity index (χ4n) is 2.71. The number of hydrogen-bond donors (Lipinski definition) is 1. The zero-order valence-electron chi connectivity index (χ0n) is 14.0. The Morgan fingerprint density at radius 3 is 2.83 bits per heavy atom. The number of methoxy groups -OCH3 is 1. The third kappa shape index (κ3) is 6.95. The molecule has 1 aliphatic rings. The Morgan fingerprint density at radius 2 is 2.13 bits per heavy atom. The van der Waals surface area contributed by atoms with Gasteiger partial charge in [-0.15, -0.1) is 24.0 Å². The van der Waals surface area contributed by atoms with E-state index < -0.39 is 0 Å². The number of likely N-dealkylation sites (tertiary alicyclic amines) is 1. The highest BCUT2D eigenvalue weighted by Crippen LogP contribution is 2.16. The highest BCUT2D eigenvalue weighted by atomic mass is 127. The van der Waals surface area contributed by atoms with Gasteiger partial charge in [-0.1, -0.05) is 18.2 Å². The number of aliphatic imine (C=N–C) groups is 1. The van der Waals surface area contributed by atoms with Gasteiger partial charge in [0.15, 0.2) is 5.96 Å². The lowest BCUT2D eigenvalue weighted by molar-refractivity contribution is 0.157. The van der Waals surface area contributed by atoms with Crippen molar-refractivity contribution in [2.75, 3.05) is 47.0 Å². The maximum absolute atomic E-state index is 5.69. The molecule has 0 aromatic heterocycles. The molecule has 0 bridgehead atoms. The number of ether oxygens (including phenoxy) is 2. The quantitative estimate of drug-likeness (QED) is 0.311. The smallest absolute Gasteiger partial charge is 0.193 e. The Kier molecular flexibility index (Phi) is 10.0. The first kappa shape index (κ1) is 20.0. The number of nitrogens with zero attached hydrogens (tertiary/aromatic N) is 2. The van der Waals surface area contributed by atoms with Crippen molar-refractivity contribution in [3.8, 4) is 5.75 Å². The summed E-state index contributed by atoms with van der Waals surface area (Å²) < 4.78 is 10.9. The van der Waals surface area contributed by atoms with Gasteiger partial charge in [-0.2, -0.15) is 0 Å². The van der Waals surface area contributed by atoms with Crippen LogP contribution in [0.25, 0.3) is 0 Å². The lowest BCUT2D eigenvalue weighted by Crippen LogP contribution is -2.40. The third-order valence-corrected chi connectivity index (χ3v) is 3.82. The van der Waals surface area contributed by atoms with Crippen LogP contribution in [0.5, 0.6) is 5.75 Å². The molecular weight excluding hydrogens is 405 g/mol. The Labute approximate surface area is 156 Å². The van der Waals surface area contributed by atoms with E-state index in [9.17, 15) is 0 Å². The number of para-hydroxylation sites is 1. The molecule has 2 rings (SSSR count). The minimum absolute atomic E-state index is 0. The summed E-state index contributed by atoms with van der Waals surface area (Å²) in [7, 11) is 3.61. The second kappa shape index (κ2) is 11.5. The molecule has 130 valence electrons. The van der Waals surface area contributed by atoms with E-state index in [1.165, 1.54) is 6.42 Å². The van der Waals surface area contributed by atoms with Gasteiger partial charge in [-0.05, 0) is 25.0 Å². The van der Waals surface area contributed by atoms with Crippen molar-refractivity contribution in [1.29, 1.82) is 0 Å². The fraction of sp³-hybridized carbons (Fsp3) is 0.588. The minimum Gasteiger partial charge on any atom is -0.494 e. The molecule has 1 N–H and O–H groups in total. The molecule has 1 aromatic rings. The molecule has 1 saturated heterocycles. The van der Waals surface area contributed by atoms with Gasteiger partial charge in [-0.25, -0.2) is 0 Å². The number of guanidine groups is 1. The second-order valence-corrected chi connectivity index (χ2v) is 5.55. The van der Waals surface area contributed by atoms with E-state index in [-0.39, 0.29) is 24.0 Å². The van der Waals surface area contributed by atoms with Gasteiger partial charge < -0.3 is 19.7 Å². The monoisotopic (exact) mass is 433 g/mol. The van der Waals surface area contributed by atoms with Crippen molar-refractivity contribution in [1.82, 2.24) is 10.2 Å². The number of rotatable bonds is 7. The first-order chi connectivity index (χ1) is 10.8. The molecule has 23 heavy (non-hydrogen) atoms. The summed E-state index contributed by atoms with van der Waals surface area (Å²) in [5.74, 6) is 2.53. The Morgan fingerprint density at radius 1 is 1.35 bits per heavy atom. The molecule has 1 aromatic carbocycles. The van der Waals surface area contributed by atoms with Crippen LogP contribution in [0.15, 0.2) is 35.3 Å². The fourth-order valence-corrected chi connectivity index (χ4v) is 2.71. The molecular formula is C17H28IN3O2. The number of hydrogen-bond acceptors (Lipinski definition) is 3. The van der Waals surface area contributed by atoms with Crippen molar-refractivity contribution >= 4 is 29.9 Å². The van der Waals surface area contributed by atoms with E-state index in [1.807, 2.05) is 37.4 Å². The molecule has 1 aliphatic heterocycles. The summed E-state index contributed by atoms with van der Waals surface area (Å²) in [4.78, 5) is 6.68. The maximum atomic E-state index is 5.69. The molecule has 6 heteroatoms. The van der Waals surface area contributed by atoms with Crippen LogP contribution in [0.4, 0.5) is 0 Å². The van der Waals surface area contributed by atoms with Crippen molar-refractivity contribution in [2.24, 2.45) is 10.9 Å². The van der Waals surface area contributed by atoms with Crippen molar-refractivity contribution < 1.29 is 9.47 Å². The highest BCUT2D eigenvalue weighted by Gasteiger charge is 2.24. The molecule has 5 nitrogen and oxygen atoms in total. The predicted molar refractivity (Wildman–Crippen MR) is 105 cm³/mol. The largest absolute Gasteiger partial charge is 0.494 e. The summed E-state index contributed by atoms with van der Waals surface area (Å²) in [5, 5.41) is 3.42. The average molecular weight is 433 g/mol. The van der Waals surface area contributed by atoms with E-state index >= 15 is 0 Å². The molecule has 1 unspecified atom stereocenters. The standard InChI is InChI=1S/C17H27N3O2.HI/c1-18-17(20-11-9-15(13-20)14-21-2)19-10-6-12-22-16-7-4-3-5-8-16;/h3-5,7-8,15H,6,9-14H2,1-2H3,(H,18,19);1H. The molecule has 1 heterocycles. The lowest BCUT2D eigenvalue weighted by atomic mass is 10.1.